The van der Waals surface area contributed by atoms with Gasteiger partial charge in [0, 0.05) is 19.1 Å². The molecule has 1 heterocycles. The molecular formula is C28H45N5O6. The minimum absolute atomic E-state index is 0.0844. The van der Waals surface area contributed by atoms with Crippen LogP contribution in [0, 0.1) is 11.8 Å². The molecule has 2 rings (SSSR count). The van der Waals surface area contributed by atoms with Gasteiger partial charge in [-0.3, -0.25) is 19.2 Å². The molecule has 1 fully saturated rings. The molecule has 0 aliphatic carbocycles. The van der Waals surface area contributed by atoms with Gasteiger partial charge in [-0.1, -0.05) is 39.8 Å². The highest BCUT2D eigenvalue weighted by molar-refractivity contribution is 5.94. The Labute approximate surface area is 231 Å². The Morgan fingerprint density at radius 2 is 1.56 bits per heavy atom. The number of carbonyl (C=O) groups is 4. The number of methoxy groups -OCH3 is 1. The van der Waals surface area contributed by atoms with Gasteiger partial charge in [-0.25, -0.2) is 0 Å². The molecule has 3 amide bonds. The fraction of sp³-hybridized carbons (Fsp3) is 0.643. The first-order valence-electron chi connectivity index (χ1n) is 13.6. The van der Waals surface area contributed by atoms with Crippen LogP contribution in [0.4, 0.5) is 0 Å². The molecule has 1 aromatic carbocycles. The number of ether oxygens (including phenoxy) is 1. The van der Waals surface area contributed by atoms with Crippen LogP contribution in [0.5, 0.6) is 5.75 Å². The first-order valence-corrected chi connectivity index (χ1v) is 13.6. The Kier molecular flexibility index (Phi) is 12.7. The normalized spacial score (nSPS) is 23.5. The topological polar surface area (TPSA) is 163 Å². The third-order valence-electron chi connectivity index (χ3n) is 6.68. The van der Waals surface area contributed by atoms with Gasteiger partial charge >= 0.3 is 5.97 Å². The quantitative estimate of drug-likeness (QED) is 0.282. The third kappa shape index (κ3) is 10.5. The zero-order valence-corrected chi connectivity index (χ0v) is 23.7. The van der Waals surface area contributed by atoms with Gasteiger partial charge in [-0.2, -0.15) is 0 Å². The molecule has 6 N–H and O–H groups in total. The SMILES string of the molecule is COC(=O)CN1CC[C@H](CN)N[C@@H](Cc2ccc(O)cc2)C(=O)N[C@@H](CC(C)C)C(=O)N[C@@H](CC(C)C)C1=O. The Balaban J connectivity index is 2.48. The number of amides is 3. The van der Waals surface area contributed by atoms with Crippen molar-refractivity contribution in [1.29, 1.82) is 0 Å². The number of nitrogens with two attached hydrogens (primary N) is 1. The third-order valence-corrected chi connectivity index (χ3v) is 6.68. The molecule has 39 heavy (non-hydrogen) atoms. The van der Waals surface area contributed by atoms with Gasteiger partial charge in [0.1, 0.15) is 24.4 Å². The summed E-state index contributed by atoms with van der Waals surface area (Å²) in [6, 6.07) is 3.73. The lowest BCUT2D eigenvalue weighted by Gasteiger charge is -2.30. The number of rotatable bonds is 9. The van der Waals surface area contributed by atoms with Crippen LogP contribution in [0.2, 0.25) is 0 Å². The van der Waals surface area contributed by atoms with Crippen LogP contribution in [0.1, 0.15) is 52.5 Å². The average Bonchev–Trinajstić information content (AvgIpc) is 2.88. The number of hydrogen-bond donors (Lipinski definition) is 5. The second-order valence-electron chi connectivity index (χ2n) is 11.0. The summed E-state index contributed by atoms with van der Waals surface area (Å²) in [6.07, 6.45) is 1.40. The van der Waals surface area contributed by atoms with Crippen molar-refractivity contribution in [2.24, 2.45) is 17.6 Å². The second-order valence-corrected chi connectivity index (χ2v) is 11.0. The van der Waals surface area contributed by atoms with E-state index in [1.54, 1.807) is 24.3 Å². The smallest absolute Gasteiger partial charge is 0.325 e. The van der Waals surface area contributed by atoms with Crippen LogP contribution in [-0.4, -0.2) is 84.6 Å². The predicted molar refractivity (Wildman–Crippen MR) is 148 cm³/mol. The van der Waals surface area contributed by atoms with Crippen LogP contribution < -0.4 is 21.7 Å². The molecule has 0 bridgehead atoms. The maximum absolute atomic E-state index is 13.6. The molecule has 4 atom stereocenters. The summed E-state index contributed by atoms with van der Waals surface area (Å²) in [5.74, 6) is -1.47. The number of phenolic OH excluding ortho intramolecular Hbond substituents is 1. The summed E-state index contributed by atoms with van der Waals surface area (Å²) in [6.45, 7) is 7.89. The van der Waals surface area contributed by atoms with Crippen LogP contribution in [0.3, 0.4) is 0 Å². The van der Waals surface area contributed by atoms with E-state index in [0.29, 0.717) is 25.7 Å². The number of nitrogens with one attached hydrogen (secondary N) is 3. The van der Waals surface area contributed by atoms with Crippen molar-refractivity contribution < 1.29 is 29.0 Å². The number of aromatic hydroxyl groups is 1. The van der Waals surface area contributed by atoms with Gasteiger partial charge < -0.3 is 36.4 Å². The molecule has 1 aromatic rings. The monoisotopic (exact) mass is 547 g/mol. The van der Waals surface area contributed by atoms with Gasteiger partial charge in [0.2, 0.25) is 17.7 Å². The summed E-state index contributed by atoms with van der Waals surface area (Å²) in [7, 11) is 1.26. The van der Waals surface area contributed by atoms with Crippen molar-refractivity contribution in [3.05, 3.63) is 29.8 Å². The maximum Gasteiger partial charge on any atom is 0.325 e. The molecule has 11 nitrogen and oxygen atoms in total. The molecular weight excluding hydrogens is 502 g/mol. The first-order chi connectivity index (χ1) is 18.4. The van der Waals surface area contributed by atoms with E-state index in [-0.39, 0.29) is 55.1 Å². The van der Waals surface area contributed by atoms with E-state index in [0.717, 1.165) is 5.56 Å². The van der Waals surface area contributed by atoms with Crippen molar-refractivity contribution in [3.63, 3.8) is 0 Å². The van der Waals surface area contributed by atoms with Gasteiger partial charge in [0.15, 0.2) is 0 Å². The van der Waals surface area contributed by atoms with Crippen molar-refractivity contribution in [2.45, 2.75) is 77.5 Å². The van der Waals surface area contributed by atoms with E-state index in [4.69, 9.17) is 10.5 Å². The summed E-state index contributed by atoms with van der Waals surface area (Å²) < 4.78 is 4.82. The number of nitrogens with zero attached hydrogens (tertiary/aromatic N) is 1. The lowest BCUT2D eigenvalue weighted by molar-refractivity contribution is -0.148. The molecule has 1 aliphatic heterocycles. The van der Waals surface area contributed by atoms with E-state index >= 15 is 0 Å². The summed E-state index contributed by atoms with van der Waals surface area (Å²) in [4.78, 5) is 54.3. The van der Waals surface area contributed by atoms with E-state index < -0.39 is 30.0 Å². The van der Waals surface area contributed by atoms with Crippen molar-refractivity contribution in [2.75, 3.05) is 26.7 Å². The van der Waals surface area contributed by atoms with Gasteiger partial charge in [0.25, 0.3) is 0 Å². The summed E-state index contributed by atoms with van der Waals surface area (Å²) in [5, 5.41) is 18.7. The van der Waals surface area contributed by atoms with Crippen molar-refractivity contribution in [1.82, 2.24) is 20.9 Å². The highest BCUT2D eigenvalue weighted by Gasteiger charge is 2.34. The van der Waals surface area contributed by atoms with Crippen LogP contribution in [-0.2, 0) is 30.3 Å². The van der Waals surface area contributed by atoms with Gasteiger partial charge in [0.05, 0.1) is 13.2 Å². The van der Waals surface area contributed by atoms with Crippen LogP contribution >= 0.6 is 0 Å². The number of benzene rings is 1. The fourth-order valence-electron chi connectivity index (χ4n) is 4.61. The number of carbonyl (C=O) groups excluding carboxylic acids is 4. The summed E-state index contributed by atoms with van der Waals surface area (Å²) >= 11 is 0. The lowest BCUT2D eigenvalue weighted by Crippen LogP contribution is -2.57. The molecule has 0 radical (unpaired) electrons. The molecule has 1 saturated heterocycles. The lowest BCUT2D eigenvalue weighted by atomic mass is 9.99. The molecule has 218 valence electrons. The highest BCUT2D eigenvalue weighted by atomic mass is 16.5. The number of phenols is 1. The fourth-order valence-corrected chi connectivity index (χ4v) is 4.61. The maximum atomic E-state index is 13.6. The second kappa shape index (κ2) is 15.4. The standard InChI is InChI=1S/C28H45N5O6/c1-17(2)12-22-26(36)32-24(13-18(3)4)28(38)33(16-25(35)39-5)11-10-20(15-29)30-23(27(37)31-22)14-19-6-8-21(34)9-7-19/h6-9,17-18,20,22-24,30,34H,10-16,29H2,1-5H3,(H,31,37)(H,32,36)/t20-,22+,23+,24+/m1/s1. The molecule has 0 unspecified atom stereocenters. The van der Waals surface area contributed by atoms with E-state index in [1.165, 1.54) is 12.0 Å². The minimum atomic E-state index is -0.869. The number of esters is 1. The van der Waals surface area contributed by atoms with Gasteiger partial charge in [-0.05, 0) is 55.2 Å². The van der Waals surface area contributed by atoms with E-state index in [2.05, 4.69) is 16.0 Å². The molecule has 0 saturated carbocycles. The zero-order valence-electron chi connectivity index (χ0n) is 23.7. The Morgan fingerprint density at radius 3 is 2.13 bits per heavy atom. The minimum Gasteiger partial charge on any atom is -0.508 e. The Hall–Kier alpha value is -3.18. The first kappa shape index (κ1) is 32.0. The van der Waals surface area contributed by atoms with Crippen LogP contribution in [0.25, 0.3) is 0 Å². The van der Waals surface area contributed by atoms with E-state index in [9.17, 15) is 24.3 Å². The van der Waals surface area contributed by atoms with Crippen LogP contribution in [0.15, 0.2) is 24.3 Å². The molecule has 0 spiro atoms. The summed E-state index contributed by atoms with van der Waals surface area (Å²) in [5.41, 5.74) is 6.87. The van der Waals surface area contributed by atoms with Crippen molar-refractivity contribution in [3.8, 4) is 5.75 Å². The average molecular weight is 548 g/mol. The Morgan fingerprint density at radius 1 is 1.00 bits per heavy atom. The Bertz CT molecular complexity index is 968. The van der Waals surface area contributed by atoms with Crippen molar-refractivity contribution >= 4 is 23.7 Å². The molecule has 0 aromatic heterocycles. The largest absolute Gasteiger partial charge is 0.508 e. The predicted octanol–water partition coefficient (Wildman–Crippen LogP) is 0.687. The molecule has 1 aliphatic rings. The highest BCUT2D eigenvalue weighted by Crippen LogP contribution is 2.15. The van der Waals surface area contributed by atoms with Gasteiger partial charge in [-0.15, -0.1) is 0 Å². The zero-order chi connectivity index (χ0) is 29.1. The van der Waals surface area contributed by atoms with E-state index in [1.807, 2.05) is 27.7 Å². The number of hydrogen-bond acceptors (Lipinski definition) is 8. The molecule has 11 heteroatoms.